The molecule has 1 N–H and O–H groups in total. The molecule has 0 aromatic heterocycles. The lowest BCUT2D eigenvalue weighted by atomic mass is 10.1. The topological polar surface area (TPSA) is 60.0 Å². The third-order valence-electron chi connectivity index (χ3n) is 5.03. The summed E-state index contributed by atoms with van der Waals surface area (Å²) in [7, 11) is 1.62. The van der Waals surface area contributed by atoms with Crippen molar-refractivity contribution >= 4 is 5.91 Å². The minimum absolute atomic E-state index is 0.0731. The van der Waals surface area contributed by atoms with Crippen molar-refractivity contribution in [3.63, 3.8) is 0 Å². The van der Waals surface area contributed by atoms with Gasteiger partial charge in [-0.05, 0) is 32.0 Å². The molecule has 2 heterocycles. The number of methoxy groups -OCH3 is 1. The summed E-state index contributed by atoms with van der Waals surface area (Å²) in [6, 6.07) is 3.72. The van der Waals surface area contributed by atoms with E-state index in [9.17, 15) is 4.79 Å². The normalized spacial score (nSPS) is 17.9. The Labute approximate surface area is 155 Å². The quantitative estimate of drug-likeness (QED) is 0.843. The van der Waals surface area contributed by atoms with E-state index in [0.29, 0.717) is 43.4 Å². The van der Waals surface area contributed by atoms with Crippen LogP contribution in [-0.4, -0.2) is 50.8 Å². The van der Waals surface area contributed by atoms with Crippen LogP contribution in [0.15, 0.2) is 12.1 Å². The maximum atomic E-state index is 12.3. The van der Waals surface area contributed by atoms with Gasteiger partial charge in [0.25, 0.3) is 0 Å². The van der Waals surface area contributed by atoms with Crippen LogP contribution in [0.5, 0.6) is 17.2 Å². The number of nitrogens with zero attached hydrogens (tertiary/aromatic N) is 1. The largest absolute Gasteiger partial charge is 0.496 e. The summed E-state index contributed by atoms with van der Waals surface area (Å²) >= 11 is 0. The summed E-state index contributed by atoms with van der Waals surface area (Å²) in [5, 5.41) is 3.01. The lowest BCUT2D eigenvalue weighted by Gasteiger charge is -2.24. The summed E-state index contributed by atoms with van der Waals surface area (Å²) < 4.78 is 16.6. The van der Waals surface area contributed by atoms with Crippen molar-refractivity contribution < 1.29 is 19.0 Å². The van der Waals surface area contributed by atoms with E-state index >= 15 is 0 Å². The van der Waals surface area contributed by atoms with Gasteiger partial charge in [0.15, 0.2) is 11.5 Å². The number of benzene rings is 1. The van der Waals surface area contributed by atoms with E-state index in [1.54, 1.807) is 7.11 Å². The van der Waals surface area contributed by atoms with Gasteiger partial charge in [-0.25, -0.2) is 0 Å². The molecule has 3 rings (SSSR count). The minimum Gasteiger partial charge on any atom is -0.496 e. The highest BCUT2D eigenvalue weighted by Gasteiger charge is 2.17. The summed E-state index contributed by atoms with van der Waals surface area (Å²) in [4.78, 5) is 14.7. The van der Waals surface area contributed by atoms with Crippen LogP contribution < -0.4 is 19.5 Å². The number of carbonyl (C=O) groups excluding carboxylic acids is 1. The molecule has 0 spiro atoms. The smallest absolute Gasteiger partial charge is 0.221 e. The summed E-state index contributed by atoms with van der Waals surface area (Å²) in [6.07, 6.45) is 7.00. The van der Waals surface area contributed by atoms with Crippen molar-refractivity contribution in [3.05, 3.63) is 17.7 Å². The molecule has 26 heavy (non-hydrogen) atoms. The zero-order valence-corrected chi connectivity index (χ0v) is 15.7. The van der Waals surface area contributed by atoms with E-state index in [-0.39, 0.29) is 5.91 Å². The maximum absolute atomic E-state index is 12.3. The third-order valence-corrected chi connectivity index (χ3v) is 5.03. The molecule has 1 fully saturated rings. The van der Waals surface area contributed by atoms with Crippen LogP contribution in [-0.2, 0) is 11.3 Å². The Balaban J connectivity index is 1.49. The Bertz CT molecular complexity index is 598. The second-order valence-corrected chi connectivity index (χ2v) is 6.94. The molecule has 2 aliphatic rings. The summed E-state index contributed by atoms with van der Waals surface area (Å²) in [5.74, 6) is 2.18. The average Bonchev–Trinajstić information content (AvgIpc) is 2.64. The minimum atomic E-state index is 0.0731. The molecule has 1 amide bonds. The maximum Gasteiger partial charge on any atom is 0.221 e. The van der Waals surface area contributed by atoms with Crippen LogP contribution in [0.4, 0.5) is 0 Å². The van der Waals surface area contributed by atoms with Crippen LogP contribution in [0.3, 0.4) is 0 Å². The number of hydrogen-bond donors (Lipinski definition) is 1. The van der Waals surface area contributed by atoms with Crippen molar-refractivity contribution in [3.8, 4) is 17.2 Å². The predicted octanol–water partition coefficient (Wildman–Crippen LogP) is 2.74. The Morgan fingerprint density at radius 1 is 1.08 bits per heavy atom. The Morgan fingerprint density at radius 2 is 1.73 bits per heavy atom. The first kappa shape index (κ1) is 18.8. The van der Waals surface area contributed by atoms with Crippen molar-refractivity contribution in [2.45, 2.75) is 45.1 Å². The third kappa shape index (κ3) is 5.27. The molecule has 1 aromatic rings. The highest BCUT2D eigenvalue weighted by atomic mass is 16.6. The second kappa shape index (κ2) is 9.67. The SMILES string of the molecule is COc1cc2c(cc1CNC(=O)CCN1CCCCCCC1)OCCO2. The van der Waals surface area contributed by atoms with E-state index in [1.165, 1.54) is 32.1 Å². The molecule has 0 atom stereocenters. The Hall–Kier alpha value is -1.95. The number of fused-ring (bicyclic) bond motifs is 1. The van der Waals surface area contributed by atoms with E-state index in [1.807, 2.05) is 12.1 Å². The monoisotopic (exact) mass is 362 g/mol. The van der Waals surface area contributed by atoms with Gasteiger partial charge in [-0.2, -0.15) is 0 Å². The van der Waals surface area contributed by atoms with Crippen LogP contribution >= 0.6 is 0 Å². The number of rotatable bonds is 6. The standard InChI is InChI=1S/C20H30N2O4/c1-24-17-14-19-18(25-11-12-26-19)13-16(17)15-21-20(23)7-10-22-8-5-3-2-4-6-9-22/h13-14H,2-12,15H2,1H3,(H,21,23). The lowest BCUT2D eigenvalue weighted by molar-refractivity contribution is -0.121. The summed E-state index contributed by atoms with van der Waals surface area (Å²) in [5.41, 5.74) is 0.899. The van der Waals surface area contributed by atoms with Gasteiger partial charge in [0.1, 0.15) is 19.0 Å². The molecule has 6 nitrogen and oxygen atoms in total. The molecule has 0 aliphatic carbocycles. The number of carbonyl (C=O) groups is 1. The summed E-state index contributed by atoms with van der Waals surface area (Å²) in [6.45, 7) is 4.58. The molecule has 1 saturated heterocycles. The fourth-order valence-electron chi connectivity index (χ4n) is 3.52. The first-order chi connectivity index (χ1) is 12.8. The van der Waals surface area contributed by atoms with Crippen LogP contribution in [0.1, 0.15) is 44.1 Å². The zero-order valence-electron chi connectivity index (χ0n) is 15.7. The van der Waals surface area contributed by atoms with Gasteiger partial charge in [-0.15, -0.1) is 0 Å². The number of hydrogen-bond acceptors (Lipinski definition) is 5. The molecule has 0 bridgehead atoms. The highest BCUT2D eigenvalue weighted by Crippen LogP contribution is 2.36. The van der Waals surface area contributed by atoms with Gasteiger partial charge in [-0.1, -0.05) is 19.3 Å². The average molecular weight is 362 g/mol. The van der Waals surface area contributed by atoms with Gasteiger partial charge >= 0.3 is 0 Å². The van der Waals surface area contributed by atoms with Crippen LogP contribution in [0.25, 0.3) is 0 Å². The molecular formula is C20H30N2O4. The Morgan fingerprint density at radius 3 is 2.42 bits per heavy atom. The second-order valence-electron chi connectivity index (χ2n) is 6.94. The van der Waals surface area contributed by atoms with Gasteiger partial charge in [-0.3, -0.25) is 4.79 Å². The predicted molar refractivity (Wildman–Crippen MR) is 100.0 cm³/mol. The van der Waals surface area contributed by atoms with Crippen LogP contribution in [0.2, 0.25) is 0 Å². The molecular weight excluding hydrogens is 332 g/mol. The Kier molecular flexibility index (Phi) is 7.00. The first-order valence-electron chi connectivity index (χ1n) is 9.72. The molecule has 144 valence electrons. The molecule has 0 radical (unpaired) electrons. The molecule has 6 heteroatoms. The van der Waals surface area contributed by atoms with E-state index in [0.717, 1.165) is 25.2 Å². The number of nitrogens with one attached hydrogen (secondary N) is 1. The van der Waals surface area contributed by atoms with E-state index in [2.05, 4.69) is 10.2 Å². The molecule has 0 saturated carbocycles. The molecule has 0 unspecified atom stereocenters. The molecule has 2 aliphatic heterocycles. The fourth-order valence-corrected chi connectivity index (χ4v) is 3.52. The number of likely N-dealkylation sites (tertiary alicyclic amines) is 1. The van der Waals surface area contributed by atoms with Crippen molar-refractivity contribution in [1.29, 1.82) is 0 Å². The van der Waals surface area contributed by atoms with Gasteiger partial charge in [0, 0.05) is 31.1 Å². The van der Waals surface area contributed by atoms with E-state index in [4.69, 9.17) is 14.2 Å². The first-order valence-corrected chi connectivity index (χ1v) is 9.72. The van der Waals surface area contributed by atoms with E-state index < -0.39 is 0 Å². The highest BCUT2D eigenvalue weighted by molar-refractivity contribution is 5.76. The van der Waals surface area contributed by atoms with Gasteiger partial charge < -0.3 is 24.4 Å². The molecule has 1 aromatic carbocycles. The van der Waals surface area contributed by atoms with Crippen molar-refractivity contribution in [2.24, 2.45) is 0 Å². The van der Waals surface area contributed by atoms with Crippen LogP contribution in [0, 0.1) is 0 Å². The van der Waals surface area contributed by atoms with Gasteiger partial charge in [0.2, 0.25) is 5.91 Å². The van der Waals surface area contributed by atoms with Gasteiger partial charge in [0.05, 0.1) is 7.11 Å². The zero-order chi connectivity index (χ0) is 18.2. The number of ether oxygens (including phenoxy) is 3. The fraction of sp³-hybridized carbons (Fsp3) is 0.650. The van der Waals surface area contributed by atoms with Crippen molar-refractivity contribution in [2.75, 3.05) is 40.0 Å². The van der Waals surface area contributed by atoms with Crippen molar-refractivity contribution in [1.82, 2.24) is 10.2 Å². The number of amides is 1. The lowest BCUT2D eigenvalue weighted by Crippen LogP contribution is -2.32.